The number of nitrogens with one attached hydrogen (secondary N) is 1. The number of amides is 1. The molecule has 0 atom stereocenters. The van der Waals surface area contributed by atoms with E-state index in [2.05, 4.69) is 10.3 Å². The molecule has 1 fully saturated rings. The number of likely N-dealkylation sites (tertiary alicyclic amines) is 1. The molecule has 4 rings (SSSR count). The third kappa shape index (κ3) is 5.33. The number of rotatable bonds is 6. The van der Waals surface area contributed by atoms with Crippen LogP contribution in [0.4, 0.5) is 15.8 Å². The van der Waals surface area contributed by atoms with Crippen molar-refractivity contribution in [1.82, 2.24) is 9.88 Å². The topological polar surface area (TPSA) is 115 Å². The highest BCUT2D eigenvalue weighted by Crippen LogP contribution is 2.38. The minimum absolute atomic E-state index is 0.0464. The molecule has 1 aliphatic rings. The van der Waals surface area contributed by atoms with E-state index in [1.165, 1.54) is 12.1 Å². The van der Waals surface area contributed by atoms with Crippen molar-refractivity contribution in [2.24, 2.45) is 5.14 Å². The zero-order valence-electron chi connectivity index (χ0n) is 19.2. The number of carbonyl (C=O) groups excluding carboxylic acids is 1. The lowest BCUT2D eigenvalue weighted by Gasteiger charge is -2.41. The molecular formula is C24H23Cl2FN4O4S. The quantitative estimate of drug-likeness (QED) is 0.458. The number of ether oxygens (including phenoxy) is 1. The summed E-state index contributed by atoms with van der Waals surface area (Å²) in [6.07, 6.45) is 2.07. The maximum atomic E-state index is 13.6. The monoisotopic (exact) mass is 552 g/mol. The van der Waals surface area contributed by atoms with Gasteiger partial charge in [0, 0.05) is 37.1 Å². The Balaban J connectivity index is 1.65. The average Bonchev–Trinajstić information content (AvgIpc) is 2.84. The summed E-state index contributed by atoms with van der Waals surface area (Å²) in [5.74, 6) is -0.747. The highest BCUT2D eigenvalue weighted by molar-refractivity contribution is 7.89. The van der Waals surface area contributed by atoms with Crippen LogP contribution in [-0.2, 0) is 20.4 Å². The lowest BCUT2D eigenvalue weighted by atomic mass is 9.84. The van der Waals surface area contributed by atoms with E-state index in [0.717, 1.165) is 11.8 Å². The number of piperidine rings is 1. The van der Waals surface area contributed by atoms with Crippen LogP contribution in [0.25, 0.3) is 0 Å². The van der Waals surface area contributed by atoms with Crippen molar-refractivity contribution in [2.75, 3.05) is 25.5 Å². The number of halogens is 3. The number of pyridine rings is 1. The number of benzene rings is 2. The molecule has 3 N–H and O–H groups in total. The molecule has 3 aromatic rings. The Morgan fingerprint density at radius 1 is 1.17 bits per heavy atom. The van der Waals surface area contributed by atoms with Crippen molar-refractivity contribution < 1.29 is 22.3 Å². The first-order valence-corrected chi connectivity index (χ1v) is 13.2. The number of hydrogen-bond acceptors (Lipinski definition) is 6. The van der Waals surface area contributed by atoms with E-state index in [0.29, 0.717) is 36.6 Å². The number of carbonyl (C=O) groups is 1. The van der Waals surface area contributed by atoms with E-state index in [4.69, 9.17) is 33.1 Å². The summed E-state index contributed by atoms with van der Waals surface area (Å²) in [5.41, 5.74) is 0.756. The van der Waals surface area contributed by atoms with E-state index in [1.54, 1.807) is 48.4 Å². The van der Waals surface area contributed by atoms with Crippen LogP contribution in [0.15, 0.2) is 59.8 Å². The smallest absolute Gasteiger partial charge is 0.257 e. The molecule has 8 nitrogen and oxygen atoms in total. The summed E-state index contributed by atoms with van der Waals surface area (Å²) in [7, 11) is -2.67. The van der Waals surface area contributed by atoms with E-state index < -0.39 is 26.6 Å². The Bertz CT molecular complexity index is 1400. The number of nitrogens with zero attached hydrogens (tertiary/aromatic N) is 2. The standard InChI is InChI=1S/C24H23Cl2FN4O4S/c1-35-24(15-5-7-17(27)8-6-15)9-11-31(12-10-24)23(32)19-14-29-22(36(28,33)34)20(26)21(19)30-18-4-2-3-16(25)13-18/h2-8,13-14H,9-12H2,1H3,(H,29,30)(H2,28,33,34). The Morgan fingerprint density at radius 3 is 2.42 bits per heavy atom. The molecule has 0 radical (unpaired) electrons. The minimum atomic E-state index is -4.25. The van der Waals surface area contributed by atoms with Gasteiger partial charge in [-0.05, 0) is 48.7 Å². The highest BCUT2D eigenvalue weighted by atomic mass is 35.5. The van der Waals surface area contributed by atoms with Crippen LogP contribution in [0.3, 0.4) is 0 Å². The van der Waals surface area contributed by atoms with Gasteiger partial charge in [0.25, 0.3) is 15.9 Å². The average molecular weight is 553 g/mol. The van der Waals surface area contributed by atoms with Crippen LogP contribution < -0.4 is 10.5 Å². The fraction of sp³-hybridized carbons (Fsp3) is 0.250. The van der Waals surface area contributed by atoms with Crippen LogP contribution in [0, 0.1) is 5.82 Å². The van der Waals surface area contributed by atoms with Gasteiger partial charge < -0.3 is 15.0 Å². The predicted molar refractivity (Wildman–Crippen MR) is 136 cm³/mol. The molecule has 190 valence electrons. The molecule has 0 spiro atoms. The molecular weight excluding hydrogens is 530 g/mol. The van der Waals surface area contributed by atoms with Crippen molar-refractivity contribution in [3.8, 4) is 0 Å². The van der Waals surface area contributed by atoms with E-state index in [1.807, 2.05) is 0 Å². The number of primary sulfonamides is 1. The number of anilines is 2. The molecule has 1 aromatic heterocycles. The molecule has 0 bridgehead atoms. The van der Waals surface area contributed by atoms with Crippen molar-refractivity contribution >= 4 is 50.5 Å². The molecule has 0 unspecified atom stereocenters. The predicted octanol–water partition coefficient (Wildman–Crippen LogP) is 4.70. The summed E-state index contributed by atoms with van der Waals surface area (Å²) in [4.78, 5) is 19.0. The number of hydrogen-bond donors (Lipinski definition) is 2. The van der Waals surface area contributed by atoms with Gasteiger partial charge in [-0.1, -0.05) is 41.4 Å². The first-order chi connectivity index (χ1) is 17.0. The van der Waals surface area contributed by atoms with Gasteiger partial charge in [-0.25, -0.2) is 22.9 Å². The summed E-state index contributed by atoms with van der Waals surface area (Å²) < 4.78 is 43.3. The summed E-state index contributed by atoms with van der Waals surface area (Å²) >= 11 is 12.5. The molecule has 1 saturated heterocycles. The highest BCUT2D eigenvalue weighted by Gasteiger charge is 2.38. The van der Waals surface area contributed by atoms with Crippen molar-refractivity contribution in [3.05, 3.63) is 81.7 Å². The molecule has 0 aliphatic carbocycles. The Hall–Kier alpha value is -2.76. The van der Waals surface area contributed by atoms with E-state index >= 15 is 0 Å². The summed E-state index contributed by atoms with van der Waals surface area (Å²) in [6, 6.07) is 12.7. The Morgan fingerprint density at radius 2 is 1.83 bits per heavy atom. The number of sulfonamides is 1. The first kappa shape index (κ1) is 26.3. The third-order valence-corrected chi connectivity index (χ3v) is 7.76. The van der Waals surface area contributed by atoms with Gasteiger partial charge in [0.05, 0.1) is 16.9 Å². The van der Waals surface area contributed by atoms with Crippen molar-refractivity contribution in [1.29, 1.82) is 0 Å². The first-order valence-electron chi connectivity index (χ1n) is 10.9. The van der Waals surface area contributed by atoms with Gasteiger partial charge in [-0.15, -0.1) is 0 Å². The zero-order valence-corrected chi connectivity index (χ0v) is 21.5. The molecule has 36 heavy (non-hydrogen) atoms. The normalized spacial score (nSPS) is 15.5. The second-order valence-electron chi connectivity index (χ2n) is 8.34. The van der Waals surface area contributed by atoms with Gasteiger partial charge >= 0.3 is 0 Å². The van der Waals surface area contributed by atoms with Crippen molar-refractivity contribution in [2.45, 2.75) is 23.5 Å². The second-order valence-corrected chi connectivity index (χ2v) is 10.6. The molecule has 0 saturated carbocycles. The van der Waals surface area contributed by atoms with Crippen LogP contribution >= 0.6 is 23.2 Å². The molecule has 2 aromatic carbocycles. The van der Waals surface area contributed by atoms with Crippen LogP contribution in [0.5, 0.6) is 0 Å². The summed E-state index contributed by atoms with van der Waals surface area (Å²) in [6.45, 7) is 0.657. The fourth-order valence-corrected chi connectivity index (χ4v) is 5.53. The SMILES string of the molecule is COC1(c2ccc(F)cc2)CCN(C(=O)c2cnc(S(N)(=O)=O)c(Cl)c2Nc2cccc(Cl)c2)CC1. The van der Waals surface area contributed by atoms with Gasteiger partial charge in [0.2, 0.25) is 0 Å². The fourth-order valence-electron chi connectivity index (χ4n) is 4.27. The lowest BCUT2D eigenvalue weighted by molar-refractivity contribution is -0.0575. The van der Waals surface area contributed by atoms with E-state index in [9.17, 15) is 17.6 Å². The third-order valence-electron chi connectivity index (χ3n) is 6.20. The van der Waals surface area contributed by atoms with Gasteiger partial charge in [-0.3, -0.25) is 4.79 Å². The van der Waals surface area contributed by atoms with Crippen LogP contribution in [0.1, 0.15) is 28.8 Å². The maximum Gasteiger partial charge on any atom is 0.257 e. The zero-order chi connectivity index (χ0) is 26.1. The number of nitrogens with two attached hydrogens (primary N) is 1. The largest absolute Gasteiger partial charge is 0.373 e. The molecule has 2 heterocycles. The van der Waals surface area contributed by atoms with Gasteiger partial charge in [0.15, 0.2) is 5.03 Å². The molecule has 12 heteroatoms. The lowest BCUT2D eigenvalue weighted by Crippen LogP contribution is -2.46. The molecule has 1 aliphatic heterocycles. The van der Waals surface area contributed by atoms with Gasteiger partial charge in [0.1, 0.15) is 10.8 Å². The van der Waals surface area contributed by atoms with Crippen LogP contribution in [0.2, 0.25) is 10.0 Å². The molecule has 1 amide bonds. The second kappa shape index (κ2) is 10.3. The summed E-state index contributed by atoms with van der Waals surface area (Å²) in [5, 5.41) is 7.82. The number of methoxy groups -OCH3 is 1. The Kier molecular flexibility index (Phi) is 7.53. The van der Waals surface area contributed by atoms with E-state index in [-0.39, 0.29) is 22.1 Å². The van der Waals surface area contributed by atoms with Crippen molar-refractivity contribution in [3.63, 3.8) is 0 Å². The Labute approximate surface area is 218 Å². The maximum absolute atomic E-state index is 13.6. The number of aromatic nitrogens is 1. The van der Waals surface area contributed by atoms with Crippen LogP contribution in [-0.4, -0.2) is 44.4 Å². The minimum Gasteiger partial charge on any atom is -0.373 e. The van der Waals surface area contributed by atoms with Gasteiger partial charge in [-0.2, -0.15) is 0 Å².